The Morgan fingerprint density at radius 2 is 1.10 bits per heavy atom. The van der Waals surface area contributed by atoms with Gasteiger partial charge in [-0.1, -0.05) is 24.3 Å². The Morgan fingerprint density at radius 1 is 0.634 bits per heavy atom. The van der Waals surface area contributed by atoms with Crippen molar-refractivity contribution in [1.82, 2.24) is 15.0 Å². The second kappa shape index (κ2) is 16.2. The van der Waals surface area contributed by atoms with Crippen LogP contribution in [-0.2, 0) is 29.2 Å². The summed E-state index contributed by atoms with van der Waals surface area (Å²) in [6.45, 7) is -1.15. The molecule has 0 bridgehead atoms. The van der Waals surface area contributed by atoms with E-state index in [0.29, 0.717) is 28.5 Å². The number of pyridine rings is 3. The van der Waals surface area contributed by atoms with E-state index in [1.54, 1.807) is 36.7 Å². The summed E-state index contributed by atoms with van der Waals surface area (Å²) >= 11 is 0. The standard InChI is InChI=1S/C25H24N4O8S2.2Na/c30-38(31,32)36-15-13-29(14-16-37-39(33,34)35)21-9-7-19(8-10-21)20-17-24(22-5-1-3-11-26-22)28-25(18-20)23-6-2-4-12-27-23;;/h1-12,17-18H,13-16H2,(H,30,31,32)(H,33,34,35);;/q;2*+1/p-2. The predicted octanol–water partition coefficient (Wildman–Crippen LogP) is -3.36. The van der Waals surface area contributed by atoms with Crippen molar-refractivity contribution in [3.63, 3.8) is 0 Å². The number of aromatic nitrogens is 3. The molecule has 4 aromatic rings. The van der Waals surface area contributed by atoms with Crippen LogP contribution >= 0.6 is 0 Å². The Labute approximate surface area is 282 Å². The Kier molecular flexibility index (Phi) is 14.0. The van der Waals surface area contributed by atoms with Gasteiger partial charge in [-0.3, -0.25) is 18.3 Å². The van der Waals surface area contributed by atoms with E-state index >= 15 is 0 Å². The zero-order chi connectivity index (χ0) is 27.9. The van der Waals surface area contributed by atoms with Crippen molar-refractivity contribution < 1.29 is 93.4 Å². The number of benzene rings is 1. The van der Waals surface area contributed by atoms with Crippen LogP contribution in [0, 0.1) is 0 Å². The topological polar surface area (TPSA) is 175 Å². The Balaban J connectivity index is 0.00000294. The summed E-state index contributed by atoms with van der Waals surface area (Å²) in [5.41, 5.74) is 4.83. The molecule has 16 heteroatoms. The molecule has 0 N–H and O–H groups in total. The molecule has 0 saturated carbocycles. The van der Waals surface area contributed by atoms with E-state index in [4.69, 9.17) is 4.98 Å². The van der Waals surface area contributed by atoms with Gasteiger partial charge < -0.3 is 14.0 Å². The number of nitrogens with zero attached hydrogens (tertiary/aromatic N) is 4. The van der Waals surface area contributed by atoms with Crippen molar-refractivity contribution in [3.05, 3.63) is 85.2 Å². The summed E-state index contributed by atoms with van der Waals surface area (Å²) in [7, 11) is -9.82. The van der Waals surface area contributed by atoms with Crippen molar-refractivity contribution in [2.75, 3.05) is 31.2 Å². The Morgan fingerprint density at radius 3 is 1.49 bits per heavy atom. The van der Waals surface area contributed by atoms with E-state index in [-0.39, 0.29) is 72.2 Å². The summed E-state index contributed by atoms with van der Waals surface area (Å²) < 4.78 is 73.3. The molecule has 0 spiro atoms. The Hall–Kier alpha value is -1.79. The minimum Gasteiger partial charge on any atom is -0.726 e. The van der Waals surface area contributed by atoms with E-state index in [1.807, 2.05) is 48.5 Å². The van der Waals surface area contributed by atoms with Crippen LogP contribution in [0.15, 0.2) is 85.2 Å². The Bertz CT molecular complexity index is 1520. The van der Waals surface area contributed by atoms with E-state index in [2.05, 4.69) is 18.3 Å². The van der Waals surface area contributed by atoms with E-state index in [1.165, 1.54) is 4.90 Å². The molecule has 0 amide bonds. The quantitative estimate of drug-likeness (QED) is 0.0880. The largest absolute Gasteiger partial charge is 1.00 e. The second-order valence-electron chi connectivity index (χ2n) is 8.05. The molecule has 3 heterocycles. The molecule has 204 valence electrons. The van der Waals surface area contributed by atoms with Crippen molar-refractivity contribution in [2.24, 2.45) is 0 Å². The molecule has 0 fully saturated rings. The van der Waals surface area contributed by atoms with Crippen LogP contribution in [0.3, 0.4) is 0 Å². The van der Waals surface area contributed by atoms with Gasteiger partial charge in [0.25, 0.3) is 0 Å². The molecule has 12 nitrogen and oxygen atoms in total. The number of rotatable bonds is 12. The van der Waals surface area contributed by atoms with Gasteiger partial charge in [0.05, 0.1) is 36.0 Å². The van der Waals surface area contributed by atoms with Crippen LogP contribution in [0.25, 0.3) is 33.9 Å². The van der Waals surface area contributed by atoms with Gasteiger partial charge in [0, 0.05) is 31.2 Å². The minimum atomic E-state index is -4.91. The van der Waals surface area contributed by atoms with Crippen LogP contribution in [0.2, 0.25) is 0 Å². The first-order valence-electron chi connectivity index (χ1n) is 11.5. The van der Waals surface area contributed by atoms with Gasteiger partial charge in [-0.2, -0.15) is 0 Å². The van der Waals surface area contributed by atoms with Crippen LogP contribution < -0.4 is 64.0 Å². The zero-order valence-corrected chi connectivity index (χ0v) is 27.9. The third-order valence-electron chi connectivity index (χ3n) is 5.42. The van der Waals surface area contributed by atoms with Crippen LogP contribution in [0.1, 0.15) is 0 Å². The summed E-state index contributed by atoms with van der Waals surface area (Å²) in [6, 6.07) is 21.9. The van der Waals surface area contributed by atoms with E-state index in [9.17, 15) is 25.9 Å². The molecule has 0 aliphatic rings. The first kappa shape index (κ1) is 35.4. The first-order valence-corrected chi connectivity index (χ1v) is 14.1. The number of hydrogen-bond acceptors (Lipinski definition) is 12. The first-order chi connectivity index (χ1) is 18.6. The van der Waals surface area contributed by atoms with Crippen molar-refractivity contribution in [2.45, 2.75) is 0 Å². The summed E-state index contributed by atoms with van der Waals surface area (Å²) in [5, 5.41) is 0. The van der Waals surface area contributed by atoms with Gasteiger partial charge in [-0.25, -0.2) is 21.8 Å². The number of anilines is 1. The van der Waals surface area contributed by atoms with Crippen LogP contribution in [0.4, 0.5) is 5.69 Å². The molecular weight excluding hydrogens is 594 g/mol. The van der Waals surface area contributed by atoms with Gasteiger partial charge in [-0.05, 0) is 59.7 Å². The molecule has 0 unspecified atom stereocenters. The van der Waals surface area contributed by atoms with Gasteiger partial charge in [-0.15, -0.1) is 0 Å². The summed E-state index contributed by atoms with van der Waals surface area (Å²) in [5.74, 6) is 0. The summed E-state index contributed by atoms with van der Waals surface area (Å²) in [6.07, 6.45) is 3.36. The third-order valence-corrected chi connectivity index (χ3v) is 6.33. The fraction of sp³-hybridized carbons (Fsp3) is 0.160. The molecule has 0 atom stereocenters. The molecule has 0 saturated heterocycles. The smallest absolute Gasteiger partial charge is 0.726 e. The maximum Gasteiger partial charge on any atom is 1.00 e. The molecule has 41 heavy (non-hydrogen) atoms. The fourth-order valence-electron chi connectivity index (χ4n) is 3.72. The van der Waals surface area contributed by atoms with Gasteiger partial charge in [0.1, 0.15) is 0 Å². The van der Waals surface area contributed by atoms with E-state index < -0.39 is 34.0 Å². The molecule has 0 radical (unpaired) electrons. The third kappa shape index (κ3) is 11.4. The number of hydrogen-bond donors (Lipinski definition) is 0. The summed E-state index contributed by atoms with van der Waals surface area (Å²) in [4.78, 5) is 15.1. The fourth-order valence-corrected chi connectivity index (χ4v) is 4.28. The molecule has 0 aliphatic carbocycles. The predicted molar refractivity (Wildman–Crippen MR) is 140 cm³/mol. The van der Waals surface area contributed by atoms with E-state index in [0.717, 1.165) is 11.1 Å². The minimum absolute atomic E-state index is 0. The monoisotopic (exact) mass is 616 g/mol. The van der Waals surface area contributed by atoms with Crippen LogP contribution in [0.5, 0.6) is 0 Å². The molecule has 3 aromatic heterocycles. The molecule has 4 rings (SSSR count). The molecular formula is C25H22N4Na2O8S2. The molecule has 0 aliphatic heterocycles. The average molecular weight is 617 g/mol. The average Bonchev–Trinajstić information content (AvgIpc) is 2.92. The maximum absolute atomic E-state index is 10.8. The maximum atomic E-state index is 10.8. The van der Waals surface area contributed by atoms with Crippen LogP contribution in [-0.4, -0.2) is 67.2 Å². The van der Waals surface area contributed by atoms with Crippen molar-refractivity contribution in [3.8, 4) is 33.9 Å². The normalized spacial score (nSPS) is 11.3. The van der Waals surface area contributed by atoms with Gasteiger partial charge in [0.2, 0.25) is 20.8 Å². The van der Waals surface area contributed by atoms with Gasteiger partial charge in [0.15, 0.2) is 0 Å². The van der Waals surface area contributed by atoms with Crippen molar-refractivity contribution in [1.29, 1.82) is 0 Å². The SMILES string of the molecule is O=S(=O)([O-])OCCN(CCOS(=O)(=O)[O-])c1ccc(-c2cc(-c3ccccn3)nc(-c3ccccn3)c2)cc1.[Na+].[Na+]. The zero-order valence-electron chi connectivity index (χ0n) is 22.3. The molecule has 1 aromatic carbocycles. The second-order valence-corrected chi connectivity index (χ2v) is 10.2. The van der Waals surface area contributed by atoms with Crippen molar-refractivity contribution >= 4 is 26.5 Å². The van der Waals surface area contributed by atoms with Gasteiger partial charge >= 0.3 is 59.1 Å².